The van der Waals surface area contributed by atoms with Crippen molar-refractivity contribution in [1.29, 1.82) is 0 Å². The number of esters is 1. The third kappa shape index (κ3) is 5.64. The lowest BCUT2D eigenvalue weighted by molar-refractivity contribution is -0.136. The largest absolute Gasteiger partial charge is 0.444 e. The molecule has 0 aliphatic rings. The monoisotopic (exact) mass is 443 g/mol. The Hall–Kier alpha value is -3.32. The van der Waals surface area contributed by atoms with Crippen LogP contribution in [0.5, 0.6) is 5.75 Å². The lowest BCUT2D eigenvalue weighted by Crippen LogP contribution is -2.43. The first-order valence-corrected chi connectivity index (χ1v) is 9.95. The summed E-state index contributed by atoms with van der Waals surface area (Å²) in [6.45, 7) is 6.58. The zero-order chi connectivity index (χ0) is 22.8. The smallest absolute Gasteiger partial charge is 0.408 e. The van der Waals surface area contributed by atoms with Gasteiger partial charge >= 0.3 is 17.7 Å². The summed E-state index contributed by atoms with van der Waals surface area (Å²) in [5.74, 6) is -0.751. The molecule has 1 amide bonds. The molecule has 162 valence electrons. The fourth-order valence-corrected chi connectivity index (χ4v) is 3.04. The second-order valence-corrected chi connectivity index (χ2v) is 8.32. The van der Waals surface area contributed by atoms with E-state index in [9.17, 15) is 14.4 Å². The fraction of sp³-hybridized carbons (Fsp3) is 0.261. The summed E-state index contributed by atoms with van der Waals surface area (Å²) in [4.78, 5) is 36.3. The van der Waals surface area contributed by atoms with Crippen LogP contribution >= 0.6 is 11.6 Å². The highest BCUT2D eigenvalue weighted by Gasteiger charge is 2.23. The molecule has 0 radical (unpaired) electrons. The van der Waals surface area contributed by atoms with Crippen LogP contribution in [0.1, 0.15) is 27.7 Å². The van der Waals surface area contributed by atoms with Crippen LogP contribution in [0.4, 0.5) is 4.79 Å². The Kier molecular flexibility index (Phi) is 6.36. The number of rotatable bonds is 4. The first-order chi connectivity index (χ1) is 14.5. The molecule has 7 nitrogen and oxygen atoms in total. The van der Waals surface area contributed by atoms with Gasteiger partial charge in [0.2, 0.25) is 0 Å². The number of hydrogen-bond acceptors (Lipinski definition) is 6. The van der Waals surface area contributed by atoms with Crippen LogP contribution in [-0.4, -0.2) is 23.7 Å². The van der Waals surface area contributed by atoms with Crippen molar-refractivity contribution in [3.63, 3.8) is 0 Å². The summed E-state index contributed by atoms with van der Waals surface area (Å²) in [7, 11) is 0. The van der Waals surface area contributed by atoms with Gasteiger partial charge in [0, 0.05) is 17.5 Å². The molecule has 1 heterocycles. The van der Waals surface area contributed by atoms with E-state index >= 15 is 0 Å². The molecule has 0 aliphatic heterocycles. The molecule has 3 aromatic rings. The van der Waals surface area contributed by atoms with Gasteiger partial charge in [-0.25, -0.2) is 14.4 Å². The topological polar surface area (TPSA) is 94.8 Å². The van der Waals surface area contributed by atoms with Gasteiger partial charge in [0.1, 0.15) is 17.2 Å². The van der Waals surface area contributed by atoms with Crippen LogP contribution in [-0.2, 0) is 9.53 Å². The number of fused-ring (bicyclic) bond motifs is 1. The van der Waals surface area contributed by atoms with Crippen LogP contribution < -0.4 is 15.7 Å². The number of alkyl carbamates (subject to hydrolysis) is 1. The molecule has 1 N–H and O–H groups in total. The summed E-state index contributed by atoms with van der Waals surface area (Å²) in [6.07, 6.45) is -0.750. The lowest BCUT2D eigenvalue weighted by atomic mass is 10.0. The van der Waals surface area contributed by atoms with Crippen LogP contribution in [0.2, 0.25) is 5.02 Å². The Bertz CT molecular complexity index is 1180. The molecule has 0 unspecified atom stereocenters. The van der Waals surface area contributed by atoms with Gasteiger partial charge in [-0.3, -0.25) is 0 Å². The van der Waals surface area contributed by atoms with Crippen LogP contribution in [0.3, 0.4) is 0 Å². The summed E-state index contributed by atoms with van der Waals surface area (Å²) < 4.78 is 15.7. The molecule has 1 aromatic heterocycles. The Morgan fingerprint density at radius 2 is 1.77 bits per heavy atom. The predicted octanol–water partition coefficient (Wildman–Crippen LogP) is 4.93. The van der Waals surface area contributed by atoms with Crippen LogP contribution in [0.15, 0.2) is 57.7 Å². The van der Waals surface area contributed by atoms with Crippen molar-refractivity contribution in [1.82, 2.24) is 5.32 Å². The number of ether oxygens (including phenoxy) is 2. The van der Waals surface area contributed by atoms with E-state index in [1.165, 1.54) is 19.1 Å². The Balaban J connectivity index is 1.87. The van der Waals surface area contributed by atoms with E-state index < -0.39 is 29.3 Å². The van der Waals surface area contributed by atoms with Gasteiger partial charge in [-0.15, -0.1) is 0 Å². The van der Waals surface area contributed by atoms with Crippen molar-refractivity contribution >= 4 is 34.6 Å². The maximum atomic E-state index is 12.4. The van der Waals surface area contributed by atoms with E-state index in [0.29, 0.717) is 10.9 Å². The molecule has 0 aliphatic carbocycles. The third-order valence-electron chi connectivity index (χ3n) is 4.18. The van der Waals surface area contributed by atoms with E-state index in [1.807, 2.05) is 30.3 Å². The maximum absolute atomic E-state index is 12.4. The highest BCUT2D eigenvalue weighted by atomic mass is 35.5. The van der Waals surface area contributed by atoms with Gasteiger partial charge in [-0.1, -0.05) is 41.9 Å². The van der Waals surface area contributed by atoms with E-state index in [-0.39, 0.29) is 16.4 Å². The Morgan fingerprint density at radius 3 is 2.42 bits per heavy atom. The fourth-order valence-electron chi connectivity index (χ4n) is 2.84. The van der Waals surface area contributed by atoms with Gasteiger partial charge in [0.05, 0.1) is 5.02 Å². The lowest BCUT2D eigenvalue weighted by Gasteiger charge is -2.21. The molecule has 3 rings (SSSR count). The zero-order valence-electron chi connectivity index (χ0n) is 17.5. The van der Waals surface area contributed by atoms with Crippen molar-refractivity contribution in [2.24, 2.45) is 0 Å². The quantitative estimate of drug-likeness (QED) is 0.349. The first kappa shape index (κ1) is 22.4. The van der Waals surface area contributed by atoms with Crippen molar-refractivity contribution < 1.29 is 23.5 Å². The molecule has 0 fully saturated rings. The number of benzene rings is 2. The summed E-state index contributed by atoms with van der Waals surface area (Å²) in [6, 6.07) is 12.6. The molecule has 8 heteroatoms. The summed E-state index contributed by atoms with van der Waals surface area (Å²) in [5, 5.41) is 3.14. The highest BCUT2D eigenvalue weighted by Crippen LogP contribution is 2.35. The third-order valence-corrected chi connectivity index (χ3v) is 4.47. The minimum atomic E-state index is -0.996. The average molecular weight is 444 g/mol. The van der Waals surface area contributed by atoms with Gasteiger partial charge in [0.25, 0.3) is 0 Å². The Morgan fingerprint density at radius 1 is 1.10 bits per heavy atom. The number of halogens is 1. The Labute approximate surface area is 183 Å². The molecule has 0 saturated heterocycles. The zero-order valence-corrected chi connectivity index (χ0v) is 18.3. The van der Waals surface area contributed by atoms with Crippen LogP contribution in [0, 0.1) is 0 Å². The van der Waals surface area contributed by atoms with Crippen molar-refractivity contribution in [3.05, 3.63) is 64.0 Å². The van der Waals surface area contributed by atoms with Crippen LogP contribution in [0.25, 0.3) is 22.1 Å². The first-order valence-electron chi connectivity index (χ1n) is 9.57. The minimum Gasteiger partial charge on any atom is -0.444 e. The van der Waals surface area contributed by atoms with E-state index in [4.69, 9.17) is 25.5 Å². The standard InChI is InChI=1S/C23H22ClNO6/c1-13(25-22(28)31-23(2,3)4)21(27)30-19-12-18-16(10-17(19)24)15(11-20(26)29-18)14-8-6-5-7-9-14/h5-13H,1-4H3,(H,25,28)/t13-/m1/s1. The van der Waals surface area contributed by atoms with Gasteiger partial charge < -0.3 is 19.2 Å². The number of amides is 1. The number of hydrogen-bond donors (Lipinski definition) is 1. The number of carbonyl (C=O) groups is 2. The molecular formula is C23H22ClNO6. The molecule has 1 atom stereocenters. The second kappa shape index (κ2) is 8.81. The SMILES string of the molecule is C[C@@H](NC(=O)OC(C)(C)C)C(=O)Oc1cc2oc(=O)cc(-c3ccccc3)c2cc1Cl. The van der Waals surface area contributed by atoms with E-state index in [2.05, 4.69) is 5.32 Å². The predicted molar refractivity (Wildman–Crippen MR) is 117 cm³/mol. The van der Waals surface area contributed by atoms with Crippen molar-refractivity contribution in [2.75, 3.05) is 0 Å². The normalized spacial score (nSPS) is 12.3. The molecule has 0 saturated carbocycles. The van der Waals surface area contributed by atoms with E-state index in [1.54, 1.807) is 26.8 Å². The van der Waals surface area contributed by atoms with Gasteiger partial charge in [0.15, 0.2) is 5.75 Å². The number of carbonyl (C=O) groups excluding carboxylic acids is 2. The molecule has 2 aromatic carbocycles. The molecular weight excluding hydrogens is 422 g/mol. The minimum absolute atomic E-state index is 0.00497. The molecule has 0 bridgehead atoms. The van der Waals surface area contributed by atoms with Crippen molar-refractivity contribution in [2.45, 2.75) is 39.3 Å². The maximum Gasteiger partial charge on any atom is 0.408 e. The molecule has 31 heavy (non-hydrogen) atoms. The number of nitrogens with one attached hydrogen (secondary N) is 1. The van der Waals surface area contributed by atoms with Crippen molar-refractivity contribution in [3.8, 4) is 16.9 Å². The van der Waals surface area contributed by atoms with Gasteiger partial charge in [-0.2, -0.15) is 0 Å². The highest BCUT2D eigenvalue weighted by molar-refractivity contribution is 6.33. The summed E-state index contributed by atoms with van der Waals surface area (Å²) >= 11 is 6.34. The van der Waals surface area contributed by atoms with E-state index in [0.717, 1.165) is 5.56 Å². The molecule has 0 spiro atoms. The average Bonchev–Trinajstić information content (AvgIpc) is 2.67. The summed E-state index contributed by atoms with van der Waals surface area (Å²) in [5.41, 5.74) is 0.420. The second-order valence-electron chi connectivity index (χ2n) is 7.91. The van der Waals surface area contributed by atoms with Gasteiger partial charge in [-0.05, 0) is 44.9 Å².